The molecule has 1 aliphatic rings. The summed E-state index contributed by atoms with van der Waals surface area (Å²) in [7, 11) is 0. The molecule has 172 valence electrons. The summed E-state index contributed by atoms with van der Waals surface area (Å²) in [6.45, 7) is -0.844. The summed E-state index contributed by atoms with van der Waals surface area (Å²) in [5.41, 5.74) is 5.44. The van der Waals surface area contributed by atoms with Gasteiger partial charge in [0.05, 0.1) is 5.56 Å². The summed E-state index contributed by atoms with van der Waals surface area (Å²) in [4.78, 5) is 25.5. The van der Waals surface area contributed by atoms with Gasteiger partial charge in [-0.2, -0.15) is 13.2 Å². The second kappa shape index (κ2) is 10.3. The van der Waals surface area contributed by atoms with Gasteiger partial charge < -0.3 is 24.8 Å². The third-order valence-corrected chi connectivity index (χ3v) is 4.73. The number of carbonyl (C=O) groups is 2. The molecule has 2 N–H and O–H groups in total. The number of halogens is 3. The largest absolute Gasteiger partial charge is 0.490 e. The summed E-state index contributed by atoms with van der Waals surface area (Å²) in [5, 5.41) is 0. The molecule has 3 rings (SSSR count). The zero-order valence-corrected chi connectivity index (χ0v) is 17.1. The van der Waals surface area contributed by atoms with Crippen molar-refractivity contribution in [2.45, 2.75) is 25.1 Å². The van der Waals surface area contributed by atoms with Crippen molar-refractivity contribution in [1.82, 2.24) is 4.90 Å². The van der Waals surface area contributed by atoms with E-state index in [9.17, 15) is 22.8 Å². The summed E-state index contributed by atoms with van der Waals surface area (Å²) >= 11 is 0. The maximum Gasteiger partial charge on any atom is 0.422 e. The molecule has 0 unspecified atom stereocenters. The lowest BCUT2D eigenvalue weighted by Crippen LogP contribution is -2.42. The maximum absolute atomic E-state index is 12.9. The molecule has 7 nitrogen and oxygen atoms in total. The predicted molar refractivity (Wildman–Crippen MR) is 109 cm³/mol. The summed E-state index contributed by atoms with van der Waals surface area (Å²) in [6.07, 6.45) is -3.52. The van der Waals surface area contributed by atoms with Crippen LogP contribution in [0.2, 0.25) is 0 Å². The number of piperidine rings is 1. The van der Waals surface area contributed by atoms with Crippen LogP contribution in [0.4, 0.5) is 13.2 Å². The normalized spacial score (nSPS) is 14.7. The SMILES string of the molecule is NC(=O)COc1ccccc1C(=O)N1CCC(Oc2cccc(OCC(F)(F)F)c2)CC1. The van der Waals surface area contributed by atoms with Crippen LogP contribution >= 0.6 is 0 Å². The summed E-state index contributed by atoms with van der Waals surface area (Å²) < 4.78 is 52.9. The Labute approximate surface area is 182 Å². The quantitative estimate of drug-likeness (QED) is 0.665. The van der Waals surface area contributed by atoms with E-state index < -0.39 is 18.7 Å². The molecule has 0 atom stereocenters. The van der Waals surface area contributed by atoms with Crippen molar-refractivity contribution in [3.63, 3.8) is 0 Å². The number of ether oxygens (including phenoxy) is 3. The van der Waals surface area contributed by atoms with E-state index in [0.717, 1.165) is 0 Å². The zero-order valence-electron chi connectivity index (χ0n) is 17.1. The number of rotatable bonds is 8. The second-order valence-electron chi connectivity index (χ2n) is 7.24. The lowest BCUT2D eigenvalue weighted by molar-refractivity contribution is -0.153. The number of nitrogens with zero attached hydrogens (tertiary/aromatic N) is 1. The fourth-order valence-corrected chi connectivity index (χ4v) is 3.26. The molecule has 1 saturated heterocycles. The number of nitrogens with two attached hydrogens (primary N) is 1. The molecule has 0 saturated carbocycles. The van der Waals surface area contributed by atoms with Crippen LogP contribution in [0.5, 0.6) is 17.2 Å². The van der Waals surface area contributed by atoms with Gasteiger partial charge in [-0.15, -0.1) is 0 Å². The van der Waals surface area contributed by atoms with Crippen molar-refractivity contribution < 1.29 is 37.0 Å². The molecule has 0 spiro atoms. The highest BCUT2D eigenvalue weighted by Crippen LogP contribution is 2.26. The van der Waals surface area contributed by atoms with Gasteiger partial charge >= 0.3 is 6.18 Å². The molecule has 2 aromatic rings. The number of primary amides is 1. The molecule has 0 bridgehead atoms. The number of alkyl halides is 3. The first-order valence-electron chi connectivity index (χ1n) is 9.97. The van der Waals surface area contributed by atoms with E-state index >= 15 is 0 Å². The van der Waals surface area contributed by atoms with Gasteiger partial charge in [-0.05, 0) is 24.3 Å². The molecule has 1 heterocycles. The third kappa shape index (κ3) is 6.79. The van der Waals surface area contributed by atoms with Crippen LogP contribution in [0.1, 0.15) is 23.2 Å². The van der Waals surface area contributed by atoms with Gasteiger partial charge in [-0.1, -0.05) is 18.2 Å². The molecule has 1 fully saturated rings. The molecular formula is C22H23F3N2O5. The number of hydrogen-bond acceptors (Lipinski definition) is 5. The third-order valence-electron chi connectivity index (χ3n) is 4.73. The highest BCUT2D eigenvalue weighted by atomic mass is 19.4. The first-order valence-corrected chi connectivity index (χ1v) is 9.97. The summed E-state index contributed by atoms with van der Waals surface area (Å²) in [6, 6.07) is 12.7. The fraction of sp³-hybridized carbons (Fsp3) is 0.364. The minimum atomic E-state index is -4.42. The Morgan fingerprint density at radius 2 is 1.69 bits per heavy atom. The van der Waals surface area contributed by atoms with Crippen LogP contribution < -0.4 is 19.9 Å². The number of hydrogen-bond donors (Lipinski definition) is 1. The smallest absolute Gasteiger partial charge is 0.422 e. The number of amides is 2. The first kappa shape index (κ1) is 23.2. The monoisotopic (exact) mass is 452 g/mol. The molecule has 2 amide bonds. The minimum absolute atomic E-state index is 0.0695. The van der Waals surface area contributed by atoms with Crippen molar-refractivity contribution in [1.29, 1.82) is 0 Å². The van der Waals surface area contributed by atoms with Crippen molar-refractivity contribution >= 4 is 11.8 Å². The highest BCUT2D eigenvalue weighted by molar-refractivity contribution is 5.97. The van der Waals surface area contributed by atoms with Crippen molar-refractivity contribution in [3.05, 3.63) is 54.1 Å². The first-order chi connectivity index (χ1) is 15.2. The Bertz CT molecular complexity index is 943. The molecule has 0 radical (unpaired) electrons. The second-order valence-corrected chi connectivity index (χ2v) is 7.24. The molecular weight excluding hydrogens is 429 g/mol. The molecule has 0 aromatic heterocycles. The van der Waals surface area contributed by atoms with E-state index in [2.05, 4.69) is 0 Å². The van der Waals surface area contributed by atoms with Gasteiger partial charge in [0.2, 0.25) is 0 Å². The van der Waals surface area contributed by atoms with Gasteiger partial charge in [0.15, 0.2) is 13.2 Å². The van der Waals surface area contributed by atoms with Crippen LogP contribution in [0, 0.1) is 0 Å². The average Bonchev–Trinajstić information content (AvgIpc) is 2.76. The van der Waals surface area contributed by atoms with Crippen molar-refractivity contribution in [2.75, 3.05) is 26.3 Å². The van der Waals surface area contributed by atoms with Gasteiger partial charge in [0.1, 0.15) is 23.4 Å². The van der Waals surface area contributed by atoms with E-state index in [1.54, 1.807) is 41.3 Å². The zero-order chi connectivity index (χ0) is 23.1. The topological polar surface area (TPSA) is 91.1 Å². The summed E-state index contributed by atoms with van der Waals surface area (Å²) in [5.74, 6) is -0.117. The lowest BCUT2D eigenvalue weighted by atomic mass is 10.1. The van der Waals surface area contributed by atoms with E-state index in [1.165, 1.54) is 12.1 Å². The molecule has 10 heteroatoms. The Morgan fingerprint density at radius 3 is 2.38 bits per heavy atom. The Balaban J connectivity index is 1.55. The average molecular weight is 452 g/mol. The Morgan fingerprint density at radius 1 is 1.00 bits per heavy atom. The number of benzene rings is 2. The van der Waals surface area contributed by atoms with E-state index in [-0.39, 0.29) is 30.1 Å². The van der Waals surface area contributed by atoms with Crippen molar-refractivity contribution in [3.8, 4) is 17.2 Å². The van der Waals surface area contributed by atoms with E-state index in [1.807, 2.05) is 0 Å². The molecule has 32 heavy (non-hydrogen) atoms. The lowest BCUT2D eigenvalue weighted by Gasteiger charge is -2.32. The molecule has 0 aliphatic carbocycles. The van der Waals surface area contributed by atoms with Crippen LogP contribution in [0.25, 0.3) is 0 Å². The van der Waals surface area contributed by atoms with Crippen LogP contribution in [-0.2, 0) is 4.79 Å². The van der Waals surface area contributed by atoms with Gasteiger partial charge in [0.25, 0.3) is 11.8 Å². The van der Waals surface area contributed by atoms with E-state index in [4.69, 9.17) is 19.9 Å². The highest BCUT2D eigenvalue weighted by Gasteiger charge is 2.29. The maximum atomic E-state index is 12.9. The number of para-hydroxylation sites is 1. The van der Waals surface area contributed by atoms with Crippen LogP contribution in [-0.4, -0.2) is 55.3 Å². The Kier molecular flexibility index (Phi) is 7.45. The van der Waals surface area contributed by atoms with Crippen LogP contribution in [0.3, 0.4) is 0 Å². The molecule has 2 aromatic carbocycles. The standard InChI is InChI=1S/C22H23F3N2O5/c23-22(24,25)14-31-16-4-3-5-17(12-16)32-15-8-10-27(11-9-15)21(29)18-6-1-2-7-19(18)30-13-20(26)28/h1-7,12,15H,8-11,13-14H2,(H2,26,28). The number of likely N-dealkylation sites (tertiary alicyclic amines) is 1. The fourth-order valence-electron chi connectivity index (χ4n) is 3.26. The van der Waals surface area contributed by atoms with Gasteiger partial charge in [-0.3, -0.25) is 9.59 Å². The van der Waals surface area contributed by atoms with Gasteiger partial charge in [0, 0.05) is 32.0 Å². The number of carbonyl (C=O) groups excluding carboxylic acids is 2. The minimum Gasteiger partial charge on any atom is -0.490 e. The van der Waals surface area contributed by atoms with E-state index in [0.29, 0.717) is 37.2 Å². The molecule has 1 aliphatic heterocycles. The predicted octanol–water partition coefficient (Wildman–Crippen LogP) is 3.18. The van der Waals surface area contributed by atoms with Gasteiger partial charge in [-0.25, -0.2) is 0 Å². The Hall–Kier alpha value is -3.43. The van der Waals surface area contributed by atoms with Crippen molar-refractivity contribution in [2.24, 2.45) is 5.73 Å². The van der Waals surface area contributed by atoms with Crippen LogP contribution in [0.15, 0.2) is 48.5 Å².